The molecule has 2 amide bonds. The van der Waals surface area contributed by atoms with Crippen LogP contribution in [0.15, 0.2) is 24.3 Å². The summed E-state index contributed by atoms with van der Waals surface area (Å²) < 4.78 is 10.7. The molecular weight excluding hydrogens is 522 g/mol. The van der Waals surface area contributed by atoms with E-state index < -0.39 is 12.1 Å². The van der Waals surface area contributed by atoms with E-state index in [1.165, 1.54) is 5.56 Å². The van der Waals surface area contributed by atoms with Crippen LogP contribution in [-0.2, 0) is 19.1 Å². The van der Waals surface area contributed by atoms with E-state index in [1.54, 1.807) is 12.0 Å². The van der Waals surface area contributed by atoms with Crippen molar-refractivity contribution in [2.24, 2.45) is 5.92 Å². The van der Waals surface area contributed by atoms with E-state index in [0.717, 1.165) is 39.1 Å². The van der Waals surface area contributed by atoms with E-state index in [1.807, 2.05) is 38.1 Å². The fraction of sp³-hybridized carbons (Fsp3) is 0.679. The normalized spacial score (nSPS) is 22.2. The summed E-state index contributed by atoms with van der Waals surface area (Å²) in [5.41, 5.74) is 1.80. The molecule has 4 rings (SSSR count). The van der Waals surface area contributed by atoms with Crippen LogP contribution in [0.4, 0.5) is 0 Å². The van der Waals surface area contributed by atoms with Crippen LogP contribution in [0.1, 0.15) is 68.8 Å². The summed E-state index contributed by atoms with van der Waals surface area (Å²) in [5.74, 6) is 0.228. The van der Waals surface area contributed by atoms with Gasteiger partial charge in [-0.05, 0) is 68.3 Å². The van der Waals surface area contributed by atoms with Gasteiger partial charge in [0, 0.05) is 25.8 Å². The Morgan fingerprint density at radius 2 is 1.74 bits per heavy atom. The summed E-state index contributed by atoms with van der Waals surface area (Å²) in [7, 11) is 1.73. The topological polar surface area (TPSA) is 88.2 Å². The summed E-state index contributed by atoms with van der Waals surface area (Å²) in [5, 5.41) is 2.96. The molecule has 3 fully saturated rings. The molecule has 1 aromatic carbocycles. The van der Waals surface area contributed by atoms with Crippen LogP contribution in [0.3, 0.4) is 0 Å². The first kappa shape index (κ1) is 34.4. The van der Waals surface area contributed by atoms with Crippen molar-refractivity contribution in [3.63, 3.8) is 0 Å². The van der Waals surface area contributed by atoms with Gasteiger partial charge in [0.1, 0.15) is 18.7 Å². The number of ketones is 1. The lowest BCUT2D eigenvalue weighted by atomic mass is 9.89. The second kappa shape index (κ2) is 15.9. The first-order valence-electron chi connectivity index (χ1n) is 12.9. The largest absolute Gasteiger partial charge is 0.383 e. The zero-order valence-electron chi connectivity index (χ0n) is 22.2. The van der Waals surface area contributed by atoms with Gasteiger partial charge in [0.15, 0.2) is 5.78 Å². The van der Waals surface area contributed by atoms with Crippen molar-refractivity contribution >= 4 is 44.6 Å². The second-order valence-electron chi connectivity index (χ2n) is 10.5. The molecule has 3 saturated heterocycles. The molecule has 3 atom stereocenters. The third kappa shape index (κ3) is 8.21. The smallest absolute Gasteiger partial charge is 0.251 e. The molecule has 0 radical (unpaired) electrons. The highest BCUT2D eigenvalue weighted by Crippen LogP contribution is 2.29. The molecule has 0 spiro atoms. The third-order valence-corrected chi connectivity index (χ3v) is 7.55. The van der Waals surface area contributed by atoms with Crippen LogP contribution in [0, 0.1) is 5.92 Å². The Bertz CT molecular complexity index is 906. The first-order chi connectivity index (χ1) is 16.9. The predicted octanol–water partition coefficient (Wildman–Crippen LogP) is 3.09. The Morgan fingerprint density at radius 3 is 2.34 bits per heavy atom. The minimum absolute atomic E-state index is 0. The summed E-state index contributed by atoms with van der Waals surface area (Å²) in [6, 6.07) is 6.64. The van der Waals surface area contributed by atoms with Crippen molar-refractivity contribution in [2.45, 2.75) is 71.1 Å². The molecule has 3 aliphatic heterocycles. The molecule has 3 heterocycles. The number of benzene rings is 1. The zero-order chi connectivity index (χ0) is 24.9. The Balaban J connectivity index is 0.00000241. The number of hydrogen-bond donors (Lipinski definition) is 1. The summed E-state index contributed by atoms with van der Waals surface area (Å²) in [4.78, 5) is 42.8. The molecular formula is C28H47N3O5S2. The minimum Gasteiger partial charge on any atom is -0.383 e. The summed E-state index contributed by atoms with van der Waals surface area (Å²) >= 11 is 0. The molecule has 3 aliphatic rings. The van der Waals surface area contributed by atoms with Gasteiger partial charge in [-0.25, -0.2) is 0 Å². The van der Waals surface area contributed by atoms with Gasteiger partial charge in [0.05, 0.1) is 12.7 Å². The van der Waals surface area contributed by atoms with Gasteiger partial charge in [-0.2, -0.15) is 27.0 Å². The van der Waals surface area contributed by atoms with Gasteiger partial charge in [0.2, 0.25) is 5.91 Å². The molecule has 8 nitrogen and oxygen atoms in total. The number of rotatable bonds is 9. The van der Waals surface area contributed by atoms with Crippen LogP contribution in [0.2, 0.25) is 0 Å². The number of carbonyl (C=O) groups excluding carboxylic acids is 3. The highest BCUT2D eigenvalue weighted by atomic mass is 32.1. The van der Waals surface area contributed by atoms with Crippen molar-refractivity contribution < 1.29 is 23.9 Å². The van der Waals surface area contributed by atoms with Gasteiger partial charge >= 0.3 is 0 Å². The van der Waals surface area contributed by atoms with E-state index in [9.17, 15) is 14.4 Å². The molecule has 0 unspecified atom stereocenters. The number of carbonyl (C=O) groups is 3. The monoisotopic (exact) mass is 569 g/mol. The van der Waals surface area contributed by atoms with Gasteiger partial charge in [-0.3, -0.25) is 14.4 Å². The fourth-order valence-electron chi connectivity index (χ4n) is 5.59. The highest BCUT2D eigenvalue weighted by Gasteiger charge is 2.48. The number of nitrogens with zero attached hydrogens (tertiary/aromatic N) is 2. The van der Waals surface area contributed by atoms with Crippen molar-refractivity contribution in [1.82, 2.24) is 15.1 Å². The molecule has 0 aliphatic carbocycles. The Kier molecular flexibility index (Phi) is 14.4. The maximum atomic E-state index is 13.4. The Labute approximate surface area is 242 Å². The maximum Gasteiger partial charge on any atom is 0.251 e. The van der Waals surface area contributed by atoms with E-state index in [0.29, 0.717) is 30.9 Å². The number of nitrogens with one attached hydrogen (secondary N) is 1. The number of ether oxygens (including phenoxy) is 2. The molecule has 1 N–H and O–H groups in total. The van der Waals surface area contributed by atoms with Crippen LogP contribution in [-0.4, -0.2) is 92.1 Å². The van der Waals surface area contributed by atoms with Crippen molar-refractivity contribution in [1.29, 1.82) is 0 Å². The third-order valence-electron chi connectivity index (χ3n) is 7.55. The number of methoxy groups -OCH3 is 1. The summed E-state index contributed by atoms with van der Waals surface area (Å²) in [6.07, 6.45) is 3.17. The zero-order valence-corrected chi connectivity index (χ0v) is 24.2. The molecule has 216 valence electrons. The fourth-order valence-corrected chi connectivity index (χ4v) is 5.59. The molecule has 1 aromatic rings. The van der Waals surface area contributed by atoms with E-state index >= 15 is 0 Å². The second-order valence-corrected chi connectivity index (χ2v) is 10.5. The van der Waals surface area contributed by atoms with E-state index in [-0.39, 0.29) is 70.6 Å². The maximum absolute atomic E-state index is 13.4. The average Bonchev–Trinajstić information content (AvgIpc) is 3.45. The minimum atomic E-state index is -0.661. The van der Waals surface area contributed by atoms with Gasteiger partial charge in [0.25, 0.3) is 5.91 Å². The standard InChI is InChI=1S/C27H39N3O5.CH4.2H2S/c1-18(2)16-22(27(33)30-13-10-24-25(30)23(31)17-35-24)28-26(32)21-6-4-19(5-7-21)20-8-11-29(12-9-20)14-15-34-3;;;/h4-7,18,20,22,24-25H,8-17H2,1-3H3,(H,28,32);1H4;2*1H2/t22-,24+,25+;;;/m0.../s1. The number of Topliss-reactive ketones (excluding diaryl/α,β-unsaturated/α-hetero) is 1. The number of likely N-dealkylation sites (tertiary alicyclic amines) is 2. The number of piperidine rings is 1. The Hall–Kier alpha value is -1.59. The Morgan fingerprint density at radius 1 is 1.08 bits per heavy atom. The highest BCUT2D eigenvalue weighted by molar-refractivity contribution is 7.59. The number of fused-ring (bicyclic) bond motifs is 1. The lowest BCUT2D eigenvalue weighted by Crippen LogP contribution is -2.52. The van der Waals surface area contributed by atoms with E-state index in [4.69, 9.17) is 9.47 Å². The number of hydrogen-bond acceptors (Lipinski definition) is 6. The molecule has 38 heavy (non-hydrogen) atoms. The van der Waals surface area contributed by atoms with Crippen molar-refractivity contribution in [2.75, 3.05) is 46.5 Å². The molecule has 0 bridgehead atoms. The lowest BCUT2D eigenvalue weighted by molar-refractivity contribution is -0.138. The SMILES string of the molecule is C.COCCN1CCC(c2ccc(C(=O)N[C@@H](CC(C)C)C(=O)N3CC[C@H]4OCC(=O)[C@H]43)cc2)CC1.S.S. The van der Waals surface area contributed by atoms with Gasteiger partial charge in [-0.1, -0.05) is 33.4 Å². The molecule has 10 heteroatoms. The molecule has 0 aromatic heterocycles. The quantitative estimate of drug-likeness (QED) is 0.492. The van der Waals surface area contributed by atoms with Crippen molar-refractivity contribution in [3.05, 3.63) is 35.4 Å². The summed E-state index contributed by atoms with van der Waals surface area (Å²) in [6.45, 7) is 8.46. The average molecular weight is 570 g/mol. The first-order valence-corrected chi connectivity index (χ1v) is 12.9. The van der Waals surface area contributed by atoms with Crippen LogP contribution in [0.5, 0.6) is 0 Å². The number of amides is 2. The van der Waals surface area contributed by atoms with Crippen molar-refractivity contribution in [3.8, 4) is 0 Å². The van der Waals surface area contributed by atoms with Gasteiger partial charge < -0.3 is 24.6 Å². The predicted molar refractivity (Wildman–Crippen MR) is 160 cm³/mol. The molecule has 0 saturated carbocycles. The van der Waals surface area contributed by atoms with E-state index in [2.05, 4.69) is 10.2 Å². The van der Waals surface area contributed by atoms with Crippen LogP contribution < -0.4 is 5.32 Å². The van der Waals surface area contributed by atoms with Crippen LogP contribution >= 0.6 is 27.0 Å². The lowest BCUT2D eigenvalue weighted by Gasteiger charge is -2.32. The van der Waals surface area contributed by atoms with Gasteiger partial charge in [-0.15, -0.1) is 0 Å². The van der Waals surface area contributed by atoms with Crippen LogP contribution in [0.25, 0.3) is 0 Å².